The van der Waals surface area contributed by atoms with Crippen LogP contribution in [0.15, 0.2) is 22.6 Å². The first-order chi connectivity index (χ1) is 13.8. The molecule has 0 radical (unpaired) electrons. The highest BCUT2D eigenvalue weighted by Crippen LogP contribution is 2.53. The van der Waals surface area contributed by atoms with Crippen LogP contribution in [0.5, 0.6) is 0 Å². The van der Waals surface area contributed by atoms with Crippen molar-refractivity contribution in [2.75, 3.05) is 5.75 Å². The van der Waals surface area contributed by atoms with Gasteiger partial charge in [0, 0.05) is 22.4 Å². The SMILES string of the molecule is O=C(CC1CCCS1(=O)=O)NC12CCC(c3nc4cc(Cl)ccc4o3)(CC1)CC2. The molecule has 1 saturated heterocycles. The second-order valence-electron chi connectivity index (χ2n) is 9.08. The van der Waals surface area contributed by atoms with E-state index in [4.69, 9.17) is 21.0 Å². The van der Waals surface area contributed by atoms with Gasteiger partial charge in [-0.05, 0) is 69.6 Å². The number of carbonyl (C=O) groups is 1. The Morgan fingerprint density at radius 2 is 1.93 bits per heavy atom. The van der Waals surface area contributed by atoms with E-state index in [-0.39, 0.29) is 29.0 Å². The maximum absolute atomic E-state index is 12.6. The second kappa shape index (κ2) is 6.71. The van der Waals surface area contributed by atoms with E-state index in [1.165, 1.54) is 0 Å². The molecule has 1 N–H and O–H groups in total. The number of halogens is 1. The molecule has 2 bridgehead atoms. The number of nitrogens with one attached hydrogen (secondary N) is 1. The highest BCUT2D eigenvalue weighted by Gasteiger charge is 2.52. The van der Waals surface area contributed by atoms with Crippen LogP contribution in [0.1, 0.15) is 63.7 Å². The normalized spacial score (nSPS) is 33.2. The molecule has 4 aliphatic rings. The summed E-state index contributed by atoms with van der Waals surface area (Å²) in [4.78, 5) is 17.3. The molecule has 0 spiro atoms. The molecule has 1 unspecified atom stereocenters. The number of oxazole rings is 1. The predicted molar refractivity (Wildman–Crippen MR) is 111 cm³/mol. The molecule has 3 saturated carbocycles. The Bertz CT molecular complexity index is 1050. The molecule has 2 heterocycles. The van der Waals surface area contributed by atoms with Gasteiger partial charge >= 0.3 is 0 Å². The maximum Gasteiger partial charge on any atom is 0.221 e. The third-order valence-electron chi connectivity index (χ3n) is 7.33. The summed E-state index contributed by atoms with van der Waals surface area (Å²) in [5.74, 6) is 0.881. The maximum atomic E-state index is 12.6. The van der Waals surface area contributed by atoms with Gasteiger partial charge < -0.3 is 9.73 Å². The van der Waals surface area contributed by atoms with E-state index in [0.717, 1.165) is 55.5 Å². The molecular weight excluding hydrogens is 412 g/mol. The minimum Gasteiger partial charge on any atom is -0.440 e. The van der Waals surface area contributed by atoms with Crippen LogP contribution in [0, 0.1) is 0 Å². The molecule has 6 rings (SSSR count). The number of aromatic nitrogens is 1. The number of fused-ring (bicyclic) bond motifs is 4. The zero-order chi connectivity index (χ0) is 20.3. The molecule has 4 fully saturated rings. The summed E-state index contributed by atoms with van der Waals surface area (Å²) in [6.45, 7) is 0. The van der Waals surface area contributed by atoms with Crippen molar-refractivity contribution >= 4 is 38.4 Å². The van der Waals surface area contributed by atoms with Gasteiger partial charge in [-0.2, -0.15) is 0 Å². The molecule has 29 heavy (non-hydrogen) atoms. The van der Waals surface area contributed by atoms with Crippen LogP contribution in [0.3, 0.4) is 0 Å². The first kappa shape index (κ1) is 19.4. The van der Waals surface area contributed by atoms with Crippen LogP contribution in [-0.4, -0.2) is 35.9 Å². The summed E-state index contributed by atoms with van der Waals surface area (Å²) in [5, 5.41) is 3.36. The number of nitrogens with zero attached hydrogens (tertiary/aromatic N) is 1. The van der Waals surface area contributed by atoms with Gasteiger partial charge in [0.05, 0.1) is 11.0 Å². The average Bonchev–Trinajstić information content (AvgIpc) is 3.26. The van der Waals surface area contributed by atoms with Crippen molar-refractivity contribution in [2.45, 2.75) is 74.0 Å². The van der Waals surface area contributed by atoms with Crippen LogP contribution in [0.4, 0.5) is 0 Å². The van der Waals surface area contributed by atoms with E-state index in [9.17, 15) is 13.2 Å². The molecule has 1 atom stereocenters. The van der Waals surface area contributed by atoms with Crippen molar-refractivity contribution in [1.29, 1.82) is 0 Å². The zero-order valence-corrected chi connectivity index (χ0v) is 17.8. The van der Waals surface area contributed by atoms with E-state index >= 15 is 0 Å². The minimum absolute atomic E-state index is 0.0766. The van der Waals surface area contributed by atoms with Gasteiger partial charge in [0.2, 0.25) is 11.8 Å². The molecule has 1 aromatic heterocycles. The van der Waals surface area contributed by atoms with E-state index < -0.39 is 15.1 Å². The van der Waals surface area contributed by atoms with Crippen molar-refractivity contribution in [3.8, 4) is 0 Å². The lowest BCUT2D eigenvalue weighted by molar-refractivity contribution is -0.124. The molecular formula is C21H25ClN2O4S. The highest BCUT2D eigenvalue weighted by atomic mass is 35.5. The van der Waals surface area contributed by atoms with Crippen molar-refractivity contribution < 1.29 is 17.6 Å². The van der Waals surface area contributed by atoms with Gasteiger partial charge in [0.25, 0.3) is 0 Å². The van der Waals surface area contributed by atoms with Gasteiger partial charge in [-0.1, -0.05) is 11.6 Å². The highest BCUT2D eigenvalue weighted by molar-refractivity contribution is 7.92. The monoisotopic (exact) mass is 436 g/mol. The van der Waals surface area contributed by atoms with Crippen LogP contribution < -0.4 is 5.32 Å². The van der Waals surface area contributed by atoms with Crippen molar-refractivity contribution in [3.63, 3.8) is 0 Å². The second-order valence-corrected chi connectivity index (χ2v) is 11.9. The van der Waals surface area contributed by atoms with Gasteiger partial charge in [-0.15, -0.1) is 0 Å². The fraction of sp³-hybridized carbons (Fsp3) is 0.619. The first-order valence-corrected chi connectivity index (χ1v) is 12.5. The van der Waals surface area contributed by atoms with Gasteiger partial charge in [-0.3, -0.25) is 4.79 Å². The summed E-state index contributed by atoms with van der Waals surface area (Å²) < 4.78 is 30.2. The molecule has 8 heteroatoms. The molecule has 1 aromatic carbocycles. The van der Waals surface area contributed by atoms with Crippen molar-refractivity contribution in [2.24, 2.45) is 0 Å². The van der Waals surface area contributed by atoms with E-state index in [1.807, 2.05) is 18.2 Å². The quantitative estimate of drug-likeness (QED) is 0.784. The number of rotatable bonds is 4. The Morgan fingerprint density at radius 1 is 1.21 bits per heavy atom. The van der Waals surface area contributed by atoms with Crippen LogP contribution >= 0.6 is 11.6 Å². The lowest BCUT2D eigenvalue weighted by atomic mass is 9.57. The van der Waals surface area contributed by atoms with Crippen molar-refractivity contribution in [1.82, 2.24) is 10.3 Å². The first-order valence-electron chi connectivity index (χ1n) is 10.4. The Morgan fingerprint density at radius 3 is 2.59 bits per heavy atom. The summed E-state index contributed by atoms with van der Waals surface area (Å²) in [7, 11) is -3.09. The molecule has 1 amide bonds. The largest absolute Gasteiger partial charge is 0.440 e. The summed E-state index contributed by atoms with van der Waals surface area (Å²) in [5.41, 5.74) is 1.26. The topological polar surface area (TPSA) is 89.3 Å². The molecule has 1 aliphatic heterocycles. The Balaban J connectivity index is 1.28. The number of hydrogen-bond donors (Lipinski definition) is 1. The zero-order valence-electron chi connectivity index (χ0n) is 16.2. The minimum atomic E-state index is -3.09. The molecule has 2 aromatic rings. The standard InChI is InChI=1S/C21H25ClN2O4S/c22-14-3-4-17-16(12-14)23-19(28-17)20-5-8-21(9-6-20,10-7-20)24-18(25)13-15-2-1-11-29(15,26)27/h3-4,12,15H,1-2,5-11,13H2,(H,24,25). The van der Waals surface area contributed by atoms with Gasteiger partial charge in [-0.25, -0.2) is 13.4 Å². The Labute approximate surface area is 175 Å². The molecule has 6 nitrogen and oxygen atoms in total. The molecule has 3 aliphatic carbocycles. The number of hydrogen-bond acceptors (Lipinski definition) is 5. The third kappa shape index (κ3) is 3.36. The number of carbonyl (C=O) groups excluding carboxylic acids is 1. The molecule has 156 valence electrons. The van der Waals surface area contributed by atoms with Gasteiger partial charge in [0.1, 0.15) is 5.52 Å². The number of benzene rings is 1. The predicted octanol–water partition coefficient (Wildman–Crippen LogP) is 3.91. The third-order valence-corrected chi connectivity index (χ3v) is 9.84. The number of amides is 1. The fourth-order valence-electron chi connectivity index (χ4n) is 5.46. The Hall–Kier alpha value is -1.60. The van der Waals surface area contributed by atoms with E-state index in [1.54, 1.807) is 0 Å². The summed E-state index contributed by atoms with van der Waals surface area (Å²) in [6.07, 6.45) is 6.72. The average molecular weight is 437 g/mol. The van der Waals surface area contributed by atoms with Crippen LogP contribution in [0.2, 0.25) is 5.02 Å². The Kier molecular flexibility index (Phi) is 4.48. The fourth-order valence-corrected chi connectivity index (χ4v) is 7.46. The van der Waals surface area contributed by atoms with Gasteiger partial charge in [0.15, 0.2) is 15.4 Å². The summed E-state index contributed by atoms with van der Waals surface area (Å²) >= 11 is 6.08. The van der Waals surface area contributed by atoms with Crippen LogP contribution in [-0.2, 0) is 20.0 Å². The lowest BCUT2D eigenvalue weighted by Crippen LogP contribution is -2.58. The van der Waals surface area contributed by atoms with E-state index in [2.05, 4.69) is 5.32 Å². The van der Waals surface area contributed by atoms with Crippen LogP contribution in [0.25, 0.3) is 11.1 Å². The smallest absolute Gasteiger partial charge is 0.221 e. The summed E-state index contributed by atoms with van der Waals surface area (Å²) in [6, 6.07) is 5.50. The van der Waals surface area contributed by atoms with E-state index in [0.29, 0.717) is 17.9 Å². The lowest BCUT2D eigenvalue weighted by Gasteiger charge is -2.52. The number of sulfone groups is 1. The van der Waals surface area contributed by atoms with Crippen molar-refractivity contribution in [3.05, 3.63) is 29.1 Å².